The van der Waals surface area contributed by atoms with Crippen molar-refractivity contribution in [3.8, 4) is 0 Å². The van der Waals surface area contributed by atoms with E-state index in [0.29, 0.717) is 42.9 Å². The maximum absolute atomic E-state index is 13.0. The molecule has 2 heterocycles. The lowest BCUT2D eigenvalue weighted by molar-refractivity contribution is -0.121. The second kappa shape index (κ2) is 8.49. The van der Waals surface area contributed by atoms with Crippen molar-refractivity contribution in [2.24, 2.45) is 5.92 Å². The Morgan fingerprint density at radius 1 is 1.03 bits per heavy atom. The fourth-order valence-corrected chi connectivity index (χ4v) is 3.62. The van der Waals surface area contributed by atoms with Crippen LogP contribution in [-0.2, 0) is 24.3 Å². The van der Waals surface area contributed by atoms with E-state index in [9.17, 15) is 9.59 Å². The van der Waals surface area contributed by atoms with E-state index in [1.165, 1.54) is 0 Å². The number of hydrogen-bond donors (Lipinski definition) is 1. The zero-order valence-corrected chi connectivity index (χ0v) is 17.2. The Labute approximate surface area is 174 Å². The van der Waals surface area contributed by atoms with Crippen LogP contribution in [0.15, 0.2) is 59.4 Å². The molecule has 0 aliphatic rings. The van der Waals surface area contributed by atoms with Gasteiger partial charge in [0.2, 0.25) is 11.7 Å². The van der Waals surface area contributed by atoms with Crippen molar-refractivity contribution in [1.82, 2.24) is 24.5 Å². The maximum atomic E-state index is 13.0. The Bertz CT molecular complexity index is 1240. The minimum absolute atomic E-state index is 0.0459. The molecule has 0 bridgehead atoms. The van der Waals surface area contributed by atoms with Gasteiger partial charge in [-0.2, -0.15) is 0 Å². The van der Waals surface area contributed by atoms with E-state index in [2.05, 4.69) is 29.4 Å². The largest absolute Gasteiger partial charge is 0.352 e. The minimum Gasteiger partial charge on any atom is -0.352 e. The molecule has 0 aliphatic carbocycles. The molecule has 2 aromatic carbocycles. The zero-order chi connectivity index (χ0) is 21.1. The van der Waals surface area contributed by atoms with E-state index in [0.717, 1.165) is 11.1 Å². The maximum Gasteiger partial charge on any atom is 0.262 e. The van der Waals surface area contributed by atoms with Crippen molar-refractivity contribution in [2.75, 3.05) is 0 Å². The quantitative estimate of drug-likeness (QED) is 0.514. The number of nitrogens with zero attached hydrogens (tertiary/aromatic N) is 4. The summed E-state index contributed by atoms with van der Waals surface area (Å²) in [5, 5.41) is 12.2. The molecular weight excluding hydrogens is 378 g/mol. The molecule has 0 saturated heterocycles. The summed E-state index contributed by atoms with van der Waals surface area (Å²) in [5.41, 5.74) is 1.76. The molecule has 0 spiro atoms. The number of carbonyl (C=O) groups is 1. The molecule has 7 heteroatoms. The summed E-state index contributed by atoms with van der Waals surface area (Å²) in [7, 11) is 0. The molecule has 154 valence electrons. The van der Waals surface area contributed by atoms with E-state index >= 15 is 0 Å². The SMILES string of the molecule is CC(C)Cn1c(=O)c2ccccc2n2c(CCC(=O)NCc3ccccc3)nnc12. The lowest BCUT2D eigenvalue weighted by Gasteiger charge is -2.13. The van der Waals surface area contributed by atoms with Crippen molar-refractivity contribution < 1.29 is 4.79 Å². The highest BCUT2D eigenvalue weighted by Crippen LogP contribution is 2.16. The summed E-state index contributed by atoms with van der Waals surface area (Å²) in [5.74, 6) is 1.44. The molecule has 4 aromatic rings. The van der Waals surface area contributed by atoms with Crippen LogP contribution in [0.2, 0.25) is 0 Å². The van der Waals surface area contributed by atoms with E-state index in [4.69, 9.17) is 0 Å². The smallest absolute Gasteiger partial charge is 0.262 e. The number of carbonyl (C=O) groups excluding carboxylic acids is 1. The van der Waals surface area contributed by atoms with Crippen molar-refractivity contribution in [1.29, 1.82) is 0 Å². The van der Waals surface area contributed by atoms with E-state index in [1.54, 1.807) is 4.57 Å². The summed E-state index contributed by atoms with van der Waals surface area (Å²) >= 11 is 0. The summed E-state index contributed by atoms with van der Waals surface area (Å²) in [6, 6.07) is 17.3. The van der Waals surface area contributed by atoms with Crippen LogP contribution in [-0.4, -0.2) is 25.1 Å². The van der Waals surface area contributed by atoms with Crippen LogP contribution in [0.5, 0.6) is 0 Å². The van der Waals surface area contributed by atoms with E-state index in [-0.39, 0.29) is 17.4 Å². The molecule has 1 amide bonds. The number of aromatic nitrogens is 4. The molecule has 0 atom stereocenters. The van der Waals surface area contributed by atoms with Crippen LogP contribution in [0.3, 0.4) is 0 Å². The number of para-hydroxylation sites is 1. The Morgan fingerprint density at radius 3 is 2.53 bits per heavy atom. The van der Waals surface area contributed by atoms with Crippen molar-refractivity contribution in [2.45, 2.75) is 39.8 Å². The predicted octanol–water partition coefficient (Wildman–Crippen LogP) is 2.95. The minimum atomic E-state index is -0.0636. The number of fused-ring (bicyclic) bond motifs is 3. The normalized spacial score (nSPS) is 11.4. The predicted molar refractivity (Wildman–Crippen MR) is 116 cm³/mol. The second-order valence-corrected chi connectivity index (χ2v) is 7.84. The molecule has 1 N–H and O–H groups in total. The first-order valence-electron chi connectivity index (χ1n) is 10.2. The second-order valence-electron chi connectivity index (χ2n) is 7.84. The Hall–Kier alpha value is -3.48. The van der Waals surface area contributed by atoms with Crippen molar-refractivity contribution in [3.05, 3.63) is 76.3 Å². The number of nitrogens with one attached hydrogen (secondary N) is 1. The average molecular weight is 403 g/mol. The van der Waals surface area contributed by atoms with E-state index in [1.807, 2.05) is 59.0 Å². The Kier molecular flexibility index (Phi) is 5.61. The highest BCUT2D eigenvalue weighted by Gasteiger charge is 2.17. The van der Waals surface area contributed by atoms with Gasteiger partial charge in [-0.15, -0.1) is 10.2 Å². The van der Waals surface area contributed by atoms with Gasteiger partial charge in [-0.05, 0) is 23.6 Å². The van der Waals surface area contributed by atoms with Gasteiger partial charge in [0.05, 0.1) is 10.9 Å². The molecule has 7 nitrogen and oxygen atoms in total. The molecular formula is C23H25N5O2. The first-order chi connectivity index (χ1) is 14.5. The van der Waals surface area contributed by atoms with Crippen LogP contribution < -0.4 is 10.9 Å². The van der Waals surface area contributed by atoms with Crippen LogP contribution in [0, 0.1) is 5.92 Å². The van der Waals surface area contributed by atoms with Crippen LogP contribution >= 0.6 is 0 Å². The summed E-state index contributed by atoms with van der Waals surface area (Å²) in [4.78, 5) is 25.3. The molecule has 0 unspecified atom stereocenters. The fraction of sp³-hybridized carbons (Fsp3) is 0.304. The number of aryl methyl sites for hydroxylation is 1. The van der Waals surface area contributed by atoms with Gasteiger partial charge in [0.15, 0.2) is 0 Å². The third-order valence-corrected chi connectivity index (χ3v) is 5.03. The van der Waals surface area contributed by atoms with Gasteiger partial charge in [-0.1, -0.05) is 56.3 Å². The average Bonchev–Trinajstić information content (AvgIpc) is 3.18. The van der Waals surface area contributed by atoms with Gasteiger partial charge in [-0.25, -0.2) is 0 Å². The molecule has 0 fully saturated rings. The topological polar surface area (TPSA) is 81.3 Å². The third-order valence-electron chi connectivity index (χ3n) is 5.03. The highest BCUT2D eigenvalue weighted by molar-refractivity contribution is 5.80. The molecule has 30 heavy (non-hydrogen) atoms. The summed E-state index contributed by atoms with van der Waals surface area (Å²) < 4.78 is 3.59. The number of benzene rings is 2. The summed E-state index contributed by atoms with van der Waals surface area (Å²) in [6.45, 7) is 5.18. The van der Waals surface area contributed by atoms with E-state index < -0.39 is 0 Å². The lowest BCUT2D eigenvalue weighted by atomic mass is 10.2. The molecule has 4 rings (SSSR count). The monoisotopic (exact) mass is 403 g/mol. The number of rotatable bonds is 7. The van der Waals surface area contributed by atoms with Gasteiger partial charge in [-0.3, -0.25) is 18.6 Å². The number of amides is 1. The molecule has 0 aliphatic heterocycles. The van der Waals surface area contributed by atoms with Gasteiger partial charge < -0.3 is 5.32 Å². The Balaban J connectivity index is 1.61. The van der Waals surface area contributed by atoms with Gasteiger partial charge in [0.25, 0.3) is 5.56 Å². The van der Waals surface area contributed by atoms with Crippen LogP contribution in [0.4, 0.5) is 0 Å². The van der Waals surface area contributed by atoms with Crippen molar-refractivity contribution >= 4 is 22.6 Å². The highest BCUT2D eigenvalue weighted by atomic mass is 16.1. The van der Waals surface area contributed by atoms with Gasteiger partial charge >= 0.3 is 0 Å². The van der Waals surface area contributed by atoms with Crippen LogP contribution in [0.1, 0.15) is 31.7 Å². The number of hydrogen-bond acceptors (Lipinski definition) is 4. The van der Waals surface area contributed by atoms with Gasteiger partial charge in [0, 0.05) is 25.9 Å². The zero-order valence-electron chi connectivity index (χ0n) is 17.2. The molecule has 0 saturated carbocycles. The fourth-order valence-electron chi connectivity index (χ4n) is 3.62. The van der Waals surface area contributed by atoms with Gasteiger partial charge in [0.1, 0.15) is 5.82 Å². The summed E-state index contributed by atoms with van der Waals surface area (Å²) in [6.07, 6.45) is 0.733. The lowest BCUT2D eigenvalue weighted by Crippen LogP contribution is -2.26. The third kappa shape index (κ3) is 3.96. The Morgan fingerprint density at radius 2 is 1.77 bits per heavy atom. The first-order valence-corrected chi connectivity index (χ1v) is 10.2. The first kappa shape index (κ1) is 19.8. The standard InChI is InChI=1S/C23H25N5O2/c1-16(2)15-27-22(30)18-10-6-7-11-19(18)28-20(25-26-23(27)28)12-13-21(29)24-14-17-8-4-3-5-9-17/h3-11,16H,12-15H2,1-2H3,(H,24,29). The van der Waals surface area contributed by atoms with Crippen LogP contribution in [0.25, 0.3) is 16.7 Å². The molecule has 0 radical (unpaired) electrons. The molecule has 2 aromatic heterocycles. The van der Waals surface area contributed by atoms with Crippen molar-refractivity contribution in [3.63, 3.8) is 0 Å².